The summed E-state index contributed by atoms with van der Waals surface area (Å²) in [6.45, 7) is 4.06. The minimum Gasteiger partial charge on any atom is -0.317 e. The number of hydrogen-bond donors (Lipinski definition) is 2. The van der Waals surface area contributed by atoms with E-state index in [1.54, 1.807) is 6.07 Å². The third-order valence-electron chi connectivity index (χ3n) is 2.90. The number of nitrogens with zero attached hydrogens (tertiary/aromatic N) is 1. The smallest absolute Gasteiger partial charge is 0.251 e. The van der Waals surface area contributed by atoms with E-state index in [1.165, 1.54) is 0 Å². The van der Waals surface area contributed by atoms with Crippen LogP contribution in [0.4, 0.5) is 0 Å². The first kappa shape index (κ1) is 10.4. The van der Waals surface area contributed by atoms with Gasteiger partial charge in [0.15, 0.2) is 0 Å². The molecule has 1 fully saturated rings. The molecule has 1 aromatic rings. The molecule has 0 aliphatic carbocycles. The summed E-state index contributed by atoms with van der Waals surface area (Å²) in [5, 5.41) is 3.31. The van der Waals surface area contributed by atoms with Gasteiger partial charge < -0.3 is 10.3 Å². The topological polar surface area (TPSA) is 57.8 Å². The van der Waals surface area contributed by atoms with E-state index in [-0.39, 0.29) is 5.56 Å². The van der Waals surface area contributed by atoms with E-state index in [9.17, 15) is 4.79 Å². The Kier molecular flexibility index (Phi) is 3.16. The second kappa shape index (κ2) is 4.57. The minimum absolute atomic E-state index is 0.0182. The van der Waals surface area contributed by atoms with Crippen LogP contribution in [-0.2, 0) is 6.42 Å². The van der Waals surface area contributed by atoms with Crippen molar-refractivity contribution in [3.8, 4) is 0 Å². The molecule has 0 radical (unpaired) electrons. The number of piperidine rings is 1. The van der Waals surface area contributed by atoms with Gasteiger partial charge in [0, 0.05) is 17.7 Å². The Morgan fingerprint density at radius 2 is 2.20 bits per heavy atom. The van der Waals surface area contributed by atoms with Gasteiger partial charge in [-0.2, -0.15) is 0 Å². The maximum Gasteiger partial charge on any atom is 0.251 e. The normalized spacial score (nSPS) is 17.9. The maximum atomic E-state index is 11.4. The molecule has 0 amide bonds. The lowest BCUT2D eigenvalue weighted by Crippen LogP contribution is -2.28. The van der Waals surface area contributed by atoms with Gasteiger partial charge in [0.1, 0.15) is 5.82 Å². The van der Waals surface area contributed by atoms with Crippen molar-refractivity contribution in [1.29, 1.82) is 0 Å². The van der Waals surface area contributed by atoms with E-state index in [0.29, 0.717) is 5.92 Å². The molecule has 82 valence electrons. The van der Waals surface area contributed by atoms with Gasteiger partial charge >= 0.3 is 0 Å². The van der Waals surface area contributed by atoms with Gasteiger partial charge in [0.25, 0.3) is 5.56 Å². The molecule has 15 heavy (non-hydrogen) atoms. The number of aromatic amines is 1. The molecule has 1 aliphatic rings. The number of aromatic nitrogens is 2. The summed E-state index contributed by atoms with van der Waals surface area (Å²) in [4.78, 5) is 18.8. The molecule has 0 spiro atoms. The fourth-order valence-corrected chi connectivity index (χ4v) is 2.00. The van der Waals surface area contributed by atoms with Crippen LogP contribution in [0.1, 0.15) is 37.2 Å². The van der Waals surface area contributed by atoms with Gasteiger partial charge in [-0.05, 0) is 32.4 Å². The predicted molar refractivity (Wildman–Crippen MR) is 59.1 cm³/mol. The first-order valence-electron chi connectivity index (χ1n) is 5.60. The number of aryl methyl sites for hydroxylation is 1. The number of rotatable bonds is 2. The van der Waals surface area contributed by atoms with Crippen LogP contribution in [0.5, 0.6) is 0 Å². The molecule has 0 aromatic carbocycles. The number of hydrogen-bond acceptors (Lipinski definition) is 3. The monoisotopic (exact) mass is 207 g/mol. The zero-order chi connectivity index (χ0) is 10.7. The van der Waals surface area contributed by atoms with Gasteiger partial charge in [-0.3, -0.25) is 4.79 Å². The van der Waals surface area contributed by atoms with Gasteiger partial charge in [-0.25, -0.2) is 4.98 Å². The Morgan fingerprint density at radius 1 is 1.47 bits per heavy atom. The van der Waals surface area contributed by atoms with Crippen LogP contribution in [0.25, 0.3) is 0 Å². The lowest BCUT2D eigenvalue weighted by atomic mass is 9.97. The summed E-state index contributed by atoms with van der Waals surface area (Å²) in [5.41, 5.74) is 0.877. The third-order valence-corrected chi connectivity index (χ3v) is 2.90. The van der Waals surface area contributed by atoms with Crippen molar-refractivity contribution in [2.45, 2.75) is 32.1 Å². The fraction of sp³-hybridized carbons (Fsp3) is 0.636. The molecule has 2 rings (SSSR count). The molecule has 0 saturated carbocycles. The van der Waals surface area contributed by atoms with E-state index in [1.807, 2.05) is 6.92 Å². The molecular formula is C11H17N3O. The minimum atomic E-state index is -0.0182. The molecule has 1 aromatic heterocycles. The maximum absolute atomic E-state index is 11.4. The summed E-state index contributed by atoms with van der Waals surface area (Å²) in [7, 11) is 0. The van der Waals surface area contributed by atoms with Crippen LogP contribution >= 0.6 is 0 Å². The largest absolute Gasteiger partial charge is 0.317 e. The van der Waals surface area contributed by atoms with Crippen molar-refractivity contribution in [2.75, 3.05) is 13.1 Å². The van der Waals surface area contributed by atoms with Crippen molar-refractivity contribution < 1.29 is 0 Å². The second-order valence-corrected chi connectivity index (χ2v) is 4.00. The fourth-order valence-electron chi connectivity index (χ4n) is 2.00. The standard InChI is InChI=1S/C11H17N3O/c1-2-9-7-10(15)14-11(13-9)8-3-5-12-6-4-8/h7-8,12H,2-6H2,1H3,(H,13,14,15). The quantitative estimate of drug-likeness (QED) is 0.754. The molecule has 1 saturated heterocycles. The average molecular weight is 207 g/mol. The highest BCUT2D eigenvalue weighted by molar-refractivity contribution is 5.06. The van der Waals surface area contributed by atoms with Crippen molar-refractivity contribution in [3.63, 3.8) is 0 Å². The zero-order valence-electron chi connectivity index (χ0n) is 9.05. The zero-order valence-corrected chi connectivity index (χ0v) is 9.05. The van der Waals surface area contributed by atoms with E-state index in [2.05, 4.69) is 15.3 Å². The Hall–Kier alpha value is -1.16. The van der Waals surface area contributed by atoms with Crippen molar-refractivity contribution in [3.05, 3.63) is 27.9 Å². The average Bonchev–Trinajstić information content (AvgIpc) is 2.29. The molecule has 4 heteroatoms. The highest BCUT2D eigenvalue weighted by Crippen LogP contribution is 2.20. The molecule has 2 N–H and O–H groups in total. The van der Waals surface area contributed by atoms with E-state index >= 15 is 0 Å². The third kappa shape index (κ3) is 2.45. The van der Waals surface area contributed by atoms with Crippen LogP contribution in [0.15, 0.2) is 10.9 Å². The summed E-state index contributed by atoms with van der Waals surface area (Å²) in [6.07, 6.45) is 2.95. The highest BCUT2D eigenvalue weighted by Gasteiger charge is 2.17. The highest BCUT2D eigenvalue weighted by atomic mass is 16.1. The molecule has 0 atom stereocenters. The van der Waals surface area contributed by atoms with Gasteiger partial charge in [0.2, 0.25) is 0 Å². The van der Waals surface area contributed by atoms with Gasteiger partial charge in [-0.1, -0.05) is 6.92 Å². The SMILES string of the molecule is CCc1cc(=O)[nH]c(C2CCNCC2)n1. The molecule has 1 aliphatic heterocycles. The van der Waals surface area contributed by atoms with Crippen LogP contribution in [0, 0.1) is 0 Å². The van der Waals surface area contributed by atoms with Crippen LogP contribution < -0.4 is 10.9 Å². The van der Waals surface area contributed by atoms with Crippen LogP contribution in [0.3, 0.4) is 0 Å². The first-order valence-corrected chi connectivity index (χ1v) is 5.60. The van der Waals surface area contributed by atoms with Crippen molar-refractivity contribution in [2.24, 2.45) is 0 Å². The molecule has 4 nitrogen and oxygen atoms in total. The molecule has 2 heterocycles. The first-order chi connectivity index (χ1) is 7.29. The van der Waals surface area contributed by atoms with Crippen molar-refractivity contribution >= 4 is 0 Å². The Labute approximate surface area is 89.1 Å². The summed E-state index contributed by atoms with van der Waals surface area (Å²) < 4.78 is 0. The molecule has 0 bridgehead atoms. The van der Waals surface area contributed by atoms with Crippen LogP contribution in [-0.4, -0.2) is 23.1 Å². The summed E-state index contributed by atoms with van der Waals surface area (Å²) in [6, 6.07) is 1.59. The Balaban J connectivity index is 2.26. The van der Waals surface area contributed by atoms with Gasteiger partial charge in [0.05, 0.1) is 0 Å². The second-order valence-electron chi connectivity index (χ2n) is 4.00. The Bertz CT molecular complexity index is 380. The molecule has 0 unspecified atom stereocenters. The predicted octanol–water partition coefficient (Wildman–Crippen LogP) is 0.799. The van der Waals surface area contributed by atoms with Crippen LogP contribution in [0.2, 0.25) is 0 Å². The lowest BCUT2D eigenvalue weighted by molar-refractivity contribution is 0.443. The Morgan fingerprint density at radius 3 is 2.87 bits per heavy atom. The molecular weight excluding hydrogens is 190 g/mol. The van der Waals surface area contributed by atoms with E-state index in [4.69, 9.17) is 0 Å². The number of H-pyrrole nitrogens is 1. The lowest BCUT2D eigenvalue weighted by Gasteiger charge is -2.21. The summed E-state index contributed by atoms with van der Waals surface area (Å²) in [5.74, 6) is 1.30. The number of nitrogens with one attached hydrogen (secondary N) is 2. The summed E-state index contributed by atoms with van der Waals surface area (Å²) >= 11 is 0. The van der Waals surface area contributed by atoms with Crippen molar-refractivity contribution in [1.82, 2.24) is 15.3 Å². The van der Waals surface area contributed by atoms with E-state index in [0.717, 1.165) is 43.9 Å². The van der Waals surface area contributed by atoms with Gasteiger partial charge in [-0.15, -0.1) is 0 Å². The van der Waals surface area contributed by atoms with E-state index < -0.39 is 0 Å².